The summed E-state index contributed by atoms with van der Waals surface area (Å²) in [5, 5.41) is 20.5. The van der Waals surface area contributed by atoms with Crippen LogP contribution in [0.3, 0.4) is 0 Å². The maximum absolute atomic E-state index is 12.7. The molecular formula is C18H16O5. The summed E-state index contributed by atoms with van der Waals surface area (Å²) < 4.78 is 4.69. The Labute approximate surface area is 133 Å². The lowest BCUT2D eigenvalue weighted by atomic mass is 9.82. The SMILES string of the molecule is COC(=O)C(C)c1ccc2c(c1O)C(=O)c1c(O)cccc1C2. The number of benzene rings is 2. The normalized spacial score (nSPS) is 13.9. The molecule has 1 aliphatic carbocycles. The number of hydrogen-bond acceptors (Lipinski definition) is 5. The Hall–Kier alpha value is -2.82. The monoisotopic (exact) mass is 312 g/mol. The second-order valence-corrected chi connectivity index (χ2v) is 5.60. The summed E-state index contributed by atoms with van der Waals surface area (Å²) in [5.41, 5.74) is 2.08. The fourth-order valence-electron chi connectivity index (χ4n) is 3.03. The van der Waals surface area contributed by atoms with E-state index >= 15 is 0 Å². The number of ether oxygens (including phenoxy) is 1. The summed E-state index contributed by atoms with van der Waals surface area (Å²) in [6.07, 6.45) is 0.436. The number of esters is 1. The van der Waals surface area contributed by atoms with Gasteiger partial charge in [0.05, 0.1) is 24.2 Å². The van der Waals surface area contributed by atoms with Crippen molar-refractivity contribution in [3.05, 3.63) is 58.1 Å². The Kier molecular flexibility index (Phi) is 3.56. The quantitative estimate of drug-likeness (QED) is 0.710. The molecule has 0 aromatic heterocycles. The van der Waals surface area contributed by atoms with Crippen LogP contribution in [0.25, 0.3) is 0 Å². The third-order valence-electron chi connectivity index (χ3n) is 4.28. The highest BCUT2D eigenvalue weighted by Gasteiger charge is 2.31. The molecule has 0 heterocycles. The molecule has 0 amide bonds. The van der Waals surface area contributed by atoms with Gasteiger partial charge in [-0.2, -0.15) is 0 Å². The number of rotatable bonds is 2. The van der Waals surface area contributed by atoms with Gasteiger partial charge in [-0.05, 0) is 30.5 Å². The lowest BCUT2D eigenvalue weighted by Crippen LogP contribution is -2.18. The van der Waals surface area contributed by atoms with Gasteiger partial charge in [0.1, 0.15) is 11.5 Å². The van der Waals surface area contributed by atoms with Crippen LogP contribution in [0.15, 0.2) is 30.3 Å². The summed E-state index contributed by atoms with van der Waals surface area (Å²) in [5.74, 6) is -1.95. The first kappa shape index (κ1) is 15.1. The van der Waals surface area contributed by atoms with Gasteiger partial charge in [0.15, 0.2) is 0 Å². The minimum atomic E-state index is -0.691. The molecule has 2 aromatic rings. The molecule has 5 nitrogen and oxygen atoms in total. The van der Waals surface area contributed by atoms with E-state index in [9.17, 15) is 19.8 Å². The van der Waals surface area contributed by atoms with E-state index in [0.717, 1.165) is 5.56 Å². The summed E-state index contributed by atoms with van der Waals surface area (Å²) in [6.45, 7) is 1.60. The maximum atomic E-state index is 12.7. The highest BCUT2D eigenvalue weighted by atomic mass is 16.5. The molecule has 3 rings (SSSR count). The molecule has 0 saturated carbocycles. The average Bonchev–Trinajstić information content (AvgIpc) is 2.53. The van der Waals surface area contributed by atoms with Crippen LogP contribution in [-0.4, -0.2) is 29.1 Å². The molecule has 1 aliphatic rings. The van der Waals surface area contributed by atoms with E-state index in [4.69, 9.17) is 4.74 Å². The Balaban J connectivity index is 2.15. The first-order valence-electron chi connectivity index (χ1n) is 7.23. The highest BCUT2D eigenvalue weighted by molar-refractivity contribution is 6.15. The van der Waals surface area contributed by atoms with Gasteiger partial charge < -0.3 is 14.9 Å². The van der Waals surface area contributed by atoms with Crippen molar-refractivity contribution in [2.75, 3.05) is 7.11 Å². The summed E-state index contributed by atoms with van der Waals surface area (Å²) in [6, 6.07) is 8.27. The van der Waals surface area contributed by atoms with Gasteiger partial charge in [-0.1, -0.05) is 24.3 Å². The van der Waals surface area contributed by atoms with Gasteiger partial charge in [-0.3, -0.25) is 9.59 Å². The molecule has 2 N–H and O–H groups in total. The molecule has 1 unspecified atom stereocenters. The van der Waals surface area contributed by atoms with Crippen molar-refractivity contribution < 1.29 is 24.5 Å². The number of ketones is 1. The molecule has 5 heteroatoms. The predicted molar refractivity (Wildman–Crippen MR) is 82.9 cm³/mol. The summed E-state index contributed by atoms with van der Waals surface area (Å²) in [7, 11) is 1.27. The summed E-state index contributed by atoms with van der Waals surface area (Å²) in [4.78, 5) is 24.4. The number of aromatic hydroxyl groups is 2. The Morgan fingerprint density at radius 2 is 1.83 bits per heavy atom. The summed E-state index contributed by atoms with van der Waals surface area (Å²) >= 11 is 0. The van der Waals surface area contributed by atoms with E-state index < -0.39 is 17.7 Å². The van der Waals surface area contributed by atoms with Gasteiger partial charge in [-0.25, -0.2) is 0 Å². The van der Waals surface area contributed by atoms with Crippen molar-refractivity contribution in [1.29, 1.82) is 0 Å². The average molecular weight is 312 g/mol. The zero-order valence-corrected chi connectivity index (χ0v) is 12.8. The van der Waals surface area contributed by atoms with Crippen LogP contribution in [0.5, 0.6) is 11.5 Å². The van der Waals surface area contributed by atoms with E-state index in [2.05, 4.69) is 0 Å². The minimum Gasteiger partial charge on any atom is -0.507 e. The van der Waals surface area contributed by atoms with E-state index in [-0.39, 0.29) is 22.6 Å². The first-order valence-corrected chi connectivity index (χ1v) is 7.23. The van der Waals surface area contributed by atoms with E-state index in [1.165, 1.54) is 13.2 Å². The van der Waals surface area contributed by atoms with Crippen molar-refractivity contribution in [2.45, 2.75) is 19.3 Å². The van der Waals surface area contributed by atoms with Crippen LogP contribution in [0, 0.1) is 0 Å². The van der Waals surface area contributed by atoms with E-state index in [1.54, 1.807) is 31.2 Å². The smallest absolute Gasteiger partial charge is 0.312 e. The third kappa shape index (κ3) is 2.25. The third-order valence-corrected chi connectivity index (χ3v) is 4.28. The lowest BCUT2D eigenvalue weighted by molar-refractivity contribution is -0.142. The van der Waals surface area contributed by atoms with Crippen molar-refractivity contribution in [2.24, 2.45) is 0 Å². The van der Waals surface area contributed by atoms with Crippen molar-refractivity contribution in [1.82, 2.24) is 0 Å². The highest BCUT2D eigenvalue weighted by Crippen LogP contribution is 2.39. The van der Waals surface area contributed by atoms with E-state index in [1.807, 2.05) is 0 Å². The fourth-order valence-corrected chi connectivity index (χ4v) is 3.03. The Morgan fingerprint density at radius 1 is 1.13 bits per heavy atom. The number of hydrogen-bond donors (Lipinski definition) is 2. The standard InChI is InChI=1S/C18H16O5/c1-9(18(22)23-2)12-7-6-11-8-10-4-3-5-13(19)14(10)17(21)15(11)16(12)20/h3-7,9,19-20H,8H2,1-2H3. The molecule has 23 heavy (non-hydrogen) atoms. The molecule has 0 bridgehead atoms. The second kappa shape index (κ2) is 5.43. The van der Waals surface area contributed by atoms with Crippen LogP contribution < -0.4 is 0 Å². The number of carbonyl (C=O) groups excluding carboxylic acids is 2. The lowest BCUT2D eigenvalue weighted by Gasteiger charge is -2.22. The van der Waals surface area contributed by atoms with Crippen molar-refractivity contribution in [3.63, 3.8) is 0 Å². The molecule has 1 atom stereocenters. The Bertz CT molecular complexity index is 822. The molecular weight excluding hydrogens is 296 g/mol. The van der Waals surface area contributed by atoms with Gasteiger partial charge in [0, 0.05) is 5.56 Å². The topological polar surface area (TPSA) is 83.8 Å². The molecule has 0 aliphatic heterocycles. The van der Waals surface area contributed by atoms with Crippen LogP contribution in [0.2, 0.25) is 0 Å². The van der Waals surface area contributed by atoms with Gasteiger partial charge in [-0.15, -0.1) is 0 Å². The van der Waals surface area contributed by atoms with Gasteiger partial charge in [0.25, 0.3) is 0 Å². The number of carbonyl (C=O) groups is 2. The fraction of sp³-hybridized carbons (Fsp3) is 0.222. The molecule has 0 saturated heterocycles. The van der Waals surface area contributed by atoms with Crippen LogP contribution >= 0.6 is 0 Å². The van der Waals surface area contributed by atoms with E-state index in [0.29, 0.717) is 17.5 Å². The molecule has 2 aromatic carbocycles. The largest absolute Gasteiger partial charge is 0.507 e. The van der Waals surface area contributed by atoms with Crippen LogP contribution in [0.1, 0.15) is 45.5 Å². The number of phenols is 2. The van der Waals surface area contributed by atoms with Gasteiger partial charge in [0.2, 0.25) is 5.78 Å². The predicted octanol–water partition coefficient (Wildman–Crippen LogP) is 2.51. The van der Waals surface area contributed by atoms with Crippen LogP contribution in [-0.2, 0) is 16.0 Å². The van der Waals surface area contributed by atoms with Gasteiger partial charge >= 0.3 is 5.97 Å². The van der Waals surface area contributed by atoms with Crippen molar-refractivity contribution >= 4 is 11.8 Å². The zero-order chi connectivity index (χ0) is 16.7. The maximum Gasteiger partial charge on any atom is 0.312 e. The number of fused-ring (bicyclic) bond motifs is 2. The molecule has 0 spiro atoms. The number of phenolic OH excluding ortho intramolecular Hbond substituents is 2. The minimum absolute atomic E-state index is 0.107. The van der Waals surface area contributed by atoms with Crippen LogP contribution in [0.4, 0.5) is 0 Å². The first-order chi connectivity index (χ1) is 11.0. The Morgan fingerprint density at radius 3 is 2.52 bits per heavy atom. The zero-order valence-electron chi connectivity index (χ0n) is 12.8. The number of methoxy groups -OCH3 is 1. The molecule has 118 valence electrons. The molecule has 0 fully saturated rings. The molecule has 0 radical (unpaired) electrons. The van der Waals surface area contributed by atoms with Crippen molar-refractivity contribution in [3.8, 4) is 11.5 Å². The second-order valence-electron chi connectivity index (χ2n) is 5.60.